The summed E-state index contributed by atoms with van der Waals surface area (Å²) in [6.45, 7) is 5.17. The largest absolute Gasteiger partial charge is 0.480 e. The number of carbonyl (C=O) groups is 4. The van der Waals surface area contributed by atoms with Gasteiger partial charge in [0.05, 0.1) is 0 Å². The van der Waals surface area contributed by atoms with Gasteiger partial charge in [0.25, 0.3) is 0 Å². The molecule has 0 unspecified atom stereocenters. The van der Waals surface area contributed by atoms with Crippen molar-refractivity contribution in [3.63, 3.8) is 0 Å². The van der Waals surface area contributed by atoms with Crippen LogP contribution in [0.2, 0.25) is 0 Å². The molecule has 0 saturated heterocycles. The van der Waals surface area contributed by atoms with Gasteiger partial charge in [-0.25, -0.2) is 19.2 Å². The van der Waals surface area contributed by atoms with E-state index in [4.69, 9.17) is 14.2 Å². The summed E-state index contributed by atoms with van der Waals surface area (Å²) in [7, 11) is 0. The van der Waals surface area contributed by atoms with E-state index in [0.29, 0.717) is 0 Å². The second-order valence-corrected chi connectivity index (χ2v) is 9.34. The van der Waals surface area contributed by atoms with Crippen LogP contribution >= 0.6 is 0 Å². The third kappa shape index (κ3) is 12.1. The second-order valence-electron chi connectivity index (χ2n) is 9.34. The van der Waals surface area contributed by atoms with Crippen molar-refractivity contribution in [1.82, 2.24) is 15.5 Å². The molecule has 11 nitrogen and oxygen atoms in total. The first-order chi connectivity index (χ1) is 18.0. The van der Waals surface area contributed by atoms with Gasteiger partial charge in [-0.1, -0.05) is 60.7 Å². The zero-order chi connectivity index (χ0) is 28.0. The Morgan fingerprint density at radius 3 is 1.92 bits per heavy atom. The second kappa shape index (κ2) is 15.1. The molecule has 11 heteroatoms. The summed E-state index contributed by atoms with van der Waals surface area (Å²) < 4.78 is 15.7. The van der Waals surface area contributed by atoms with Crippen LogP contribution in [0.15, 0.2) is 60.7 Å². The van der Waals surface area contributed by atoms with Crippen molar-refractivity contribution in [3.05, 3.63) is 71.8 Å². The smallest absolute Gasteiger partial charge is 0.410 e. The van der Waals surface area contributed by atoms with Crippen molar-refractivity contribution >= 4 is 24.2 Å². The van der Waals surface area contributed by atoms with Crippen LogP contribution in [0.1, 0.15) is 38.3 Å². The molecule has 1 atom stereocenters. The molecular weight excluding hydrogens is 494 g/mol. The molecule has 0 saturated carbocycles. The van der Waals surface area contributed by atoms with E-state index < -0.39 is 35.9 Å². The minimum absolute atomic E-state index is 0.0160. The number of carboxylic acid groups (broad SMARTS) is 1. The molecule has 0 aliphatic heterocycles. The summed E-state index contributed by atoms with van der Waals surface area (Å²) in [5.74, 6) is -1.29. The maximum atomic E-state index is 12.8. The van der Waals surface area contributed by atoms with Crippen molar-refractivity contribution in [2.75, 3.05) is 19.6 Å². The molecule has 0 spiro atoms. The summed E-state index contributed by atoms with van der Waals surface area (Å²) in [4.78, 5) is 49.9. The number of alkyl carbamates (subject to hydrolysis) is 2. The summed E-state index contributed by atoms with van der Waals surface area (Å²) in [5, 5.41) is 14.5. The third-order valence-corrected chi connectivity index (χ3v) is 5.00. The number of carbonyl (C=O) groups excluding carboxylic acids is 3. The van der Waals surface area contributed by atoms with Crippen molar-refractivity contribution < 1.29 is 38.5 Å². The number of carboxylic acids is 1. The summed E-state index contributed by atoms with van der Waals surface area (Å²) in [6.07, 6.45) is -2.37. The van der Waals surface area contributed by atoms with Gasteiger partial charge >= 0.3 is 24.2 Å². The number of ether oxygens (including phenoxy) is 3. The molecule has 0 fully saturated rings. The molecule has 206 valence electrons. The Morgan fingerprint density at radius 1 is 0.842 bits per heavy atom. The molecule has 2 aromatic rings. The maximum absolute atomic E-state index is 12.8. The first-order valence-electron chi connectivity index (χ1n) is 12.2. The molecule has 0 aliphatic rings. The first-order valence-corrected chi connectivity index (χ1v) is 12.2. The Morgan fingerprint density at radius 2 is 1.39 bits per heavy atom. The topological polar surface area (TPSA) is 144 Å². The highest BCUT2D eigenvalue weighted by Crippen LogP contribution is 2.08. The zero-order valence-electron chi connectivity index (χ0n) is 21.8. The molecule has 3 N–H and O–H groups in total. The number of amides is 3. The van der Waals surface area contributed by atoms with Crippen LogP contribution in [0.4, 0.5) is 14.4 Å². The molecule has 0 aromatic heterocycles. The standard InChI is InChI=1S/C27H35N3O8/c1-27(2,3)38-24(33)28-15-17-30(26(35)37-19-21-12-8-5-9-13-21)16-14-22(23(31)32)29-25(34)36-18-20-10-6-4-7-11-20/h4-13,22H,14-19H2,1-3H3,(H,28,33)(H,29,34)(H,31,32)/t22-/m0/s1. The lowest BCUT2D eigenvalue weighted by Gasteiger charge is -2.25. The van der Waals surface area contributed by atoms with Crippen LogP contribution in [0.25, 0.3) is 0 Å². The van der Waals surface area contributed by atoms with Crippen LogP contribution in [0.5, 0.6) is 0 Å². The highest BCUT2D eigenvalue weighted by molar-refractivity contribution is 5.80. The molecule has 2 aromatic carbocycles. The average molecular weight is 530 g/mol. The van der Waals surface area contributed by atoms with Crippen LogP contribution in [-0.4, -0.2) is 65.5 Å². The van der Waals surface area contributed by atoms with Crippen LogP contribution in [-0.2, 0) is 32.2 Å². The highest BCUT2D eigenvalue weighted by Gasteiger charge is 2.24. The summed E-state index contributed by atoms with van der Waals surface area (Å²) in [6, 6.07) is 16.7. The summed E-state index contributed by atoms with van der Waals surface area (Å²) in [5.41, 5.74) is 0.840. The predicted octanol–water partition coefficient (Wildman–Crippen LogP) is 3.92. The van der Waals surface area contributed by atoms with Gasteiger partial charge in [0.2, 0.25) is 0 Å². The van der Waals surface area contributed by atoms with E-state index in [-0.39, 0.29) is 39.3 Å². The van der Waals surface area contributed by atoms with Gasteiger partial charge in [-0.3, -0.25) is 0 Å². The van der Waals surface area contributed by atoms with Crippen molar-refractivity contribution in [2.24, 2.45) is 0 Å². The monoisotopic (exact) mass is 529 g/mol. The lowest BCUT2D eigenvalue weighted by atomic mass is 10.2. The van der Waals surface area contributed by atoms with E-state index >= 15 is 0 Å². The number of rotatable bonds is 12. The van der Waals surface area contributed by atoms with Crippen LogP contribution < -0.4 is 10.6 Å². The van der Waals surface area contributed by atoms with E-state index in [0.717, 1.165) is 11.1 Å². The number of benzene rings is 2. The molecule has 0 radical (unpaired) electrons. The van der Waals surface area contributed by atoms with E-state index in [1.54, 1.807) is 57.2 Å². The molecule has 3 amide bonds. The highest BCUT2D eigenvalue weighted by atomic mass is 16.6. The van der Waals surface area contributed by atoms with Gasteiger partial charge in [0.1, 0.15) is 24.9 Å². The lowest BCUT2D eigenvalue weighted by Crippen LogP contribution is -2.45. The van der Waals surface area contributed by atoms with E-state index in [9.17, 15) is 24.3 Å². The average Bonchev–Trinajstić information content (AvgIpc) is 2.87. The fraction of sp³-hybridized carbons (Fsp3) is 0.407. The Labute approximate surface area is 222 Å². The number of nitrogens with zero attached hydrogens (tertiary/aromatic N) is 1. The van der Waals surface area contributed by atoms with E-state index in [1.165, 1.54) is 4.90 Å². The number of hydrogen-bond acceptors (Lipinski definition) is 7. The molecule has 0 aliphatic carbocycles. The molecule has 38 heavy (non-hydrogen) atoms. The quantitative estimate of drug-likeness (QED) is 0.351. The Balaban J connectivity index is 1.94. The van der Waals surface area contributed by atoms with Gasteiger partial charge < -0.3 is 34.9 Å². The number of hydrogen-bond donors (Lipinski definition) is 3. The van der Waals surface area contributed by atoms with Crippen LogP contribution in [0, 0.1) is 0 Å². The van der Waals surface area contributed by atoms with Gasteiger partial charge in [0, 0.05) is 19.6 Å². The number of nitrogens with one attached hydrogen (secondary N) is 2. The minimum atomic E-state index is -1.32. The predicted molar refractivity (Wildman–Crippen MR) is 138 cm³/mol. The van der Waals surface area contributed by atoms with Gasteiger partial charge in [-0.15, -0.1) is 0 Å². The Hall–Kier alpha value is -4.28. The zero-order valence-corrected chi connectivity index (χ0v) is 21.8. The van der Waals surface area contributed by atoms with Crippen molar-refractivity contribution in [2.45, 2.75) is 52.0 Å². The molecule has 2 rings (SSSR count). The van der Waals surface area contributed by atoms with Crippen molar-refractivity contribution in [1.29, 1.82) is 0 Å². The normalized spacial score (nSPS) is 11.6. The van der Waals surface area contributed by atoms with Crippen molar-refractivity contribution in [3.8, 4) is 0 Å². The SMILES string of the molecule is CC(C)(C)OC(=O)NCCN(CC[C@H](NC(=O)OCc1ccccc1)C(=O)O)C(=O)OCc1ccccc1. The first kappa shape index (κ1) is 29.9. The fourth-order valence-electron chi connectivity index (χ4n) is 3.16. The number of aliphatic carboxylic acids is 1. The Kier molecular flexibility index (Phi) is 11.9. The summed E-state index contributed by atoms with van der Waals surface area (Å²) >= 11 is 0. The van der Waals surface area contributed by atoms with Crippen LogP contribution in [0.3, 0.4) is 0 Å². The molecule has 0 heterocycles. The van der Waals surface area contributed by atoms with Gasteiger partial charge in [0.15, 0.2) is 0 Å². The minimum Gasteiger partial charge on any atom is -0.480 e. The molecule has 0 bridgehead atoms. The van der Waals surface area contributed by atoms with Gasteiger partial charge in [-0.2, -0.15) is 0 Å². The third-order valence-electron chi connectivity index (χ3n) is 5.00. The molecular formula is C27H35N3O8. The fourth-order valence-corrected chi connectivity index (χ4v) is 3.16. The maximum Gasteiger partial charge on any atom is 0.410 e. The Bertz CT molecular complexity index is 1040. The lowest BCUT2D eigenvalue weighted by molar-refractivity contribution is -0.139. The van der Waals surface area contributed by atoms with E-state index in [2.05, 4.69) is 10.6 Å². The van der Waals surface area contributed by atoms with E-state index in [1.807, 2.05) is 24.3 Å². The van der Waals surface area contributed by atoms with Gasteiger partial charge in [-0.05, 0) is 38.3 Å².